The van der Waals surface area contributed by atoms with Crippen LogP contribution in [0.1, 0.15) is 24.0 Å². The van der Waals surface area contributed by atoms with Gasteiger partial charge in [-0.15, -0.1) is 0 Å². The summed E-state index contributed by atoms with van der Waals surface area (Å²) >= 11 is 0. The first-order chi connectivity index (χ1) is 17.7. The molecular weight excluding hydrogens is 450 g/mol. The van der Waals surface area contributed by atoms with Gasteiger partial charge in [-0.3, -0.25) is 9.59 Å². The zero-order chi connectivity index (χ0) is 24.7. The molecule has 0 saturated heterocycles. The van der Waals surface area contributed by atoms with E-state index in [1.165, 1.54) is 10.9 Å². The van der Waals surface area contributed by atoms with Gasteiger partial charge in [0.2, 0.25) is 5.91 Å². The average Bonchev–Trinajstić information content (AvgIpc) is 3.68. The van der Waals surface area contributed by atoms with Crippen LogP contribution in [-0.2, 0) is 22.6 Å². The van der Waals surface area contributed by atoms with Crippen molar-refractivity contribution in [1.29, 1.82) is 0 Å². The van der Waals surface area contributed by atoms with Gasteiger partial charge in [0, 0.05) is 36.2 Å². The summed E-state index contributed by atoms with van der Waals surface area (Å²) in [5.41, 5.74) is 3.35. The second kappa shape index (κ2) is 11.1. The Balaban J connectivity index is 1.27. The molecule has 0 atom stereocenters. The number of carbonyl (C=O) groups excluding carboxylic acids is 2. The fourth-order valence-electron chi connectivity index (χ4n) is 4.49. The van der Waals surface area contributed by atoms with Crippen LogP contribution in [0, 0.1) is 0 Å². The summed E-state index contributed by atoms with van der Waals surface area (Å²) in [5.74, 6) is 0.460. The topological polar surface area (TPSA) is 65.6 Å². The highest BCUT2D eigenvalue weighted by atomic mass is 16.5. The quantitative estimate of drug-likeness (QED) is 0.334. The van der Waals surface area contributed by atoms with Gasteiger partial charge in [0.1, 0.15) is 12.3 Å². The van der Waals surface area contributed by atoms with Crippen LogP contribution in [0.2, 0.25) is 0 Å². The summed E-state index contributed by atoms with van der Waals surface area (Å²) < 4.78 is 5.68. The molecule has 6 heteroatoms. The maximum Gasteiger partial charge on any atom is 0.261 e. The predicted molar refractivity (Wildman–Crippen MR) is 141 cm³/mol. The van der Waals surface area contributed by atoms with Gasteiger partial charge in [-0.05, 0) is 48.6 Å². The molecule has 0 unspecified atom stereocenters. The van der Waals surface area contributed by atoms with E-state index in [1.807, 2.05) is 83.9 Å². The molecular formula is C30H31N3O3. The molecule has 0 spiro atoms. The number of carbonyl (C=O) groups is 2. The summed E-state index contributed by atoms with van der Waals surface area (Å²) in [6.45, 7) is 1.09. The van der Waals surface area contributed by atoms with Crippen LogP contribution in [0.5, 0.6) is 5.75 Å². The third-order valence-corrected chi connectivity index (χ3v) is 6.61. The molecule has 0 bridgehead atoms. The molecule has 3 aromatic carbocycles. The van der Waals surface area contributed by atoms with E-state index in [2.05, 4.69) is 17.1 Å². The number of nitrogens with zero attached hydrogens (tertiary/aromatic N) is 2. The Labute approximate surface area is 211 Å². The minimum Gasteiger partial charge on any atom is -0.484 e. The van der Waals surface area contributed by atoms with Crippen molar-refractivity contribution in [2.24, 2.45) is 0 Å². The second-order valence-corrected chi connectivity index (χ2v) is 9.26. The van der Waals surface area contributed by atoms with E-state index in [0.717, 1.165) is 30.3 Å². The summed E-state index contributed by atoms with van der Waals surface area (Å²) in [4.78, 5) is 33.5. The van der Waals surface area contributed by atoms with Crippen LogP contribution >= 0.6 is 0 Å². The highest BCUT2D eigenvalue weighted by Crippen LogP contribution is 2.27. The second-order valence-electron chi connectivity index (χ2n) is 9.26. The van der Waals surface area contributed by atoms with Gasteiger partial charge >= 0.3 is 0 Å². The first-order valence-corrected chi connectivity index (χ1v) is 12.5. The number of nitrogens with one attached hydrogen (secondary N) is 1. The zero-order valence-corrected chi connectivity index (χ0v) is 20.3. The van der Waals surface area contributed by atoms with Crippen molar-refractivity contribution in [3.8, 4) is 5.75 Å². The highest BCUT2D eigenvalue weighted by Gasteiger charge is 2.35. The molecule has 1 aliphatic rings. The lowest BCUT2D eigenvalue weighted by molar-refractivity contribution is -0.142. The van der Waals surface area contributed by atoms with Crippen LogP contribution in [0.3, 0.4) is 0 Å². The number of hydrogen-bond acceptors (Lipinski definition) is 3. The summed E-state index contributed by atoms with van der Waals surface area (Å²) in [5, 5.41) is 1.18. The van der Waals surface area contributed by atoms with Crippen LogP contribution in [0.25, 0.3) is 10.9 Å². The lowest BCUT2D eigenvalue weighted by Crippen LogP contribution is -2.45. The molecule has 1 fully saturated rings. The SMILES string of the molecule is O=C(CN(C(=O)COc1ccccc1)C1CC1)N(CCc1c[nH]c2ccccc12)Cc1ccccc1. The molecule has 184 valence electrons. The number of ether oxygens (including phenoxy) is 1. The van der Waals surface area contributed by atoms with E-state index in [4.69, 9.17) is 4.74 Å². The van der Waals surface area contributed by atoms with Crippen molar-refractivity contribution >= 4 is 22.7 Å². The highest BCUT2D eigenvalue weighted by molar-refractivity contribution is 5.86. The summed E-state index contributed by atoms with van der Waals surface area (Å²) in [6, 6.07) is 27.6. The average molecular weight is 482 g/mol. The van der Waals surface area contributed by atoms with Crippen molar-refractivity contribution in [1.82, 2.24) is 14.8 Å². The summed E-state index contributed by atoms with van der Waals surface area (Å²) in [6.07, 6.45) is 4.62. The number of benzene rings is 3. The van der Waals surface area contributed by atoms with Crippen molar-refractivity contribution in [3.63, 3.8) is 0 Å². The minimum absolute atomic E-state index is 0.0429. The Morgan fingerprint density at radius 3 is 2.31 bits per heavy atom. The van der Waals surface area contributed by atoms with E-state index < -0.39 is 0 Å². The van der Waals surface area contributed by atoms with Gasteiger partial charge in [0.05, 0.1) is 0 Å². The number of fused-ring (bicyclic) bond motifs is 1. The Morgan fingerprint density at radius 2 is 1.56 bits per heavy atom. The molecule has 2 amide bonds. The number of amides is 2. The molecule has 36 heavy (non-hydrogen) atoms. The van der Waals surface area contributed by atoms with E-state index in [9.17, 15) is 9.59 Å². The Hall–Kier alpha value is -4.06. The van der Waals surface area contributed by atoms with Crippen molar-refractivity contribution < 1.29 is 14.3 Å². The van der Waals surface area contributed by atoms with Crippen LogP contribution in [-0.4, -0.2) is 52.3 Å². The molecule has 1 heterocycles. The van der Waals surface area contributed by atoms with E-state index >= 15 is 0 Å². The normalized spacial score (nSPS) is 12.9. The van der Waals surface area contributed by atoms with Gasteiger partial charge in [-0.1, -0.05) is 66.7 Å². The standard InChI is InChI=1S/C30H31N3O3/c34-29(21-33(25-15-16-25)30(35)22-36-26-11-5-2-6-12-26)32(20-23-9-3-1-4-10-23)18-17-24-19-31-28-14-8-7-13-27(24)28/h1-14,19,25,31H,15-18,20-22H2. The smallest absolute Gasteiger partial charge is 0.261 e. The molecule has 0 aliphatic heterocycles. The van der Waals surface area contributed by atoms with E-state index in [-0.39, 0.29) is 31.0 Å². The van der Waals surface area contributed by atoms with Gasteiger partial charge in [0.15, 0.2) is 6.61 Å². The number of rotatable bonds is 11. The monoisotopic (exact) mass is 481 g/mol. The molecule has 5 rings (SSSR count). The van der Waals surface area contributed by atoms with Gasteiger partial charge in [0.25, 0.3) is 5.91 Å². The molecule has 1 N–H and O–H groups in total. The van der Waals surface area contributed by atoms with Gasteiger partial charge < -0.3 is 19.5 Å². The molecule has 6 nitrogen and oxygen atoms in total. The largest absolute Gasteiger partial charge is 0.484 e. The van der Waals surface area contributed by atoms with Crippen molar-refractivity contribution in [2.45, 2.75) is 31.8 Å². The number of hydrogen-bond donors (Lipinski definition) is 1. The Morgan fingerprint density at radius 1 is 0.861 bits per heavy atom. The van der Waals surface area contributed by atoms with Crippen molar-refractivity contribution in [3.05, 3.63) is 102 Å². The molecule has 1 aromatic heterocycles. The molecule has 1 aliphatic carbocycles. The van der Waals surface area contributed by atoms with Crippen molar-refractivity contribution in [2.75, 3.05) is 19.7 Å². The predicted octanol–water partition coefficient (Wildman–Crippen LogP) is 4.81. The fourth-order valence-corrected chi connectivity index (χ4v) is 4.49. The Bertz CT molecular complexity index is 1300. The van der Waals surface area contributed by atoms with Crippen LogP contribution in [0.15, 0.2) is 91.1 Å². The lowest BCUT2D eigenvalue weighted by Gasteiger charge is -2.28. The molecule has 0 radical (unpaired) electrons. The third-order valence-electron chi connectivity index (χ3n) is 6.61. The number of H-pyrrole nitrogens is 1. The fraction of sp³-hybridized carbons (Fsp3) is 0.267. The maximum absolute atomic E-state index is 13.6. The lowest BCUT2D eigenvalue weighted by atomic mass is 10.1. The van der Waals surface area contributed by atoms with E-state index in [1.54, 1.807) is 4.90 Å². The number of para-hydroxylation sites is 2. The summed E-state index contributed by atoms with van der Waals surface area (Å²) in [7, 11) is 0. The first kappa shape index (κ1) is 23.7. The first-order valence-electron chi connectivity index (χ1n) is 12.5. The number of aromatic nitrogens is 1. The van der Waals surface area contributed by atoms with Gasteiger partial charge in [-0.25, -0.2) is 0 Å². The molecule has 1 saturated carbocycles. The van der Waals surface area contributed by atoms with Gasteiger partial charge in [-0.2, -0.15) is 0 Å². The third kappa shape index (κ3) is 5.95. The van der Waals surface area contributed by atoms with Crippen LogP contribution in [0.4, 0.5) is 0 Å². The molecule has 4 aromatic rings. The zero-order valence-electron chi connectivity index (χ0n) is 20.3. The number of aromatic amines is 1. The van der Waals surface area contributed by atoms with E-state index in [0.29, 0.717) is 18.8 Å². The maximum atomic E-state index is 13.6. The van der Waals surface area contributed by atoms with Crippen LogP contribution < -0.4 is 4.74 Å². The minimum atomic E-state index is -0.147. The Kier molecular flexibility index (Phi) is 7.31.